The summed E-state index contributed by atoms with van der Waals surface area (Å²) in [6.45, 7) is 0.111. The predicted molar refractivity (Wildman–Crippen MR) is 192 cm³/mol. The highest BCUT2D eigenvalue weighted by Gasteiger charge is 2.43. The molecular weight excluding hydrogens is 543 g/mol. The van der Waals surface area contributed by atoms with Gasteiger partial charge in [-0.2, -0.15) is 0 Å². The first kappa shape index (κ1) is 25.9. The van der Waals surface area contributed by atoms with Crippen molar-refractivity contribution in [1.29, 1.82) is 0 Å². The zero-order chi connectivity index (χ0) is 29.7. The monoisotopic (exact) mass is 574 g/mol. The first-order valence-corrected chi connectivity index (χ1v) is 15.9. The second-order valence-electron chi connectivity index (χ2n) is 12.0. The number of fused-ring (bicyclic) bond motifs is 4. The Hall–Kier alpha value is -5.54. The molecule has 3 heteroatoms. The Labute approximate surface area is 265 Å². The standard InChI is InChI=1S/C42H31BN2/c1-5-15-30(16-6-1)32-25-26-37-39(27-32)45(35-21-11-4-12-22-35)41-29-33(31-17-7-2-8-18-31)28-40-42(41)43(37)36-23-13-14-24-38(36)44(40)34-19-9-3-10-20-34/h1-3,5-11,13-29H,4,12H2. The molecule has 0 saturated carbocycles. The van der Waals surface area contributed by atoms with E-state index in [1.165, 1.54) is 72.8 Å². The van der Waals surface area contributed by atoms with Crippen LogP contribution in [0.1, 0.15) is 12.8 Å². The van der Waals surface area contributed by atoms with Gasteiger partial charge in [0.15, 0.2) is 0 Å². The van der Waals surface area contributed by atoms with E-state index in [9.17, 15) is 0 Å². The fourth-order valence-corrected chi connectivity index (χ4v) is 7.45. The largest absolute Gasteiger partial charge is 0.312 e. The predicted octanol–water partition coefficient (Wildman–Crippen LogP) is 9.01. The van der Waals surface area contributed by atoms with Gasteiger partial charge in [-0.1, -0.05) is 121 Å². The molecule has 1 aliphatic carbocycles. The summed E-state index contributed by atoms with van der Waals surface area (Å²) in [4.78, 5) is 5.01. The lowest BCUT2D eigenvalue weighted by molar-refractivity contribution is 0.998. The van der Waals surface area contributed by atoms with Gasteiger partial charge < -0.3 is 9.80 Å². The van der Waals surface area contributed by atoms with E-state index in [-0.39, 0.29) is 6.71 Å². The number of anilines is 5. The molecule has 212 valence electrons. The molecule has 2 nitrogen and oxygen atoms in total. The van der Waals surface area contributed by atoms with Crippen molar-refractivity contribution in [3.63, 3.8) is 0 Å². The van der Waals surface area contributed by atoms with Gasteiger partial charge in [-0.05, 0) is 94.0 Å². The minimum absolute atomic E-state index is 0.111. The molecule has 6 aromatic carbocycles. The van der Waals surface area contributed by atoms with Crippen molar-refractivity contribution < 1.29 is 0 Å². The minimum Gasteiger partial charge on any atom is -0.312 e. The highest BCUT2D eigenvalue weighted by Crippen LogP contribution is 2.45. The third-order valence-electron chi connectivity index (χ3n) is 9.44. The number of benzene rings is 6. The third-order valence-corrected chi connectivity index (χ3v) is 9.44. The fraction of sp³-hybridized carbons (Fsp3) is 0.0476. The summed E-state index contributed by atoms with van der Waals surface area (Å²) in [5.41, 5.74) is 16.3. The topological polar surface area (TPSA) is 6.48 Å². The average molecular weight is 575 g/mol. The van der Waals surface area contributed by atoms with Crippen molar-refractivity contribution >= 4 is 51.5 Å². The quantitative estimate of drug-likeness (QED) is 0.194. The molecule has 9 rings (SSSR count). The molecule has 0 fully saturated rings. The first-order valence-electron chi connectivity index (χ1n) is 15.9. The lowest BCUT2D eigenvalue weighted by Gasteiger charge is -2.45. The Morgan fingerprint density at radius 3 is 1.76 bits per heavy atom. The number of para-hydroxylation sites is 2. The second-order valence-corrected chi connectivity index (χ2v) is 12.0. The molecule has 0 amide bonds. The van der Waals surface area contributed by atoms with Gasteiger partial charge in [-0.3, -0.25) is 0 Å². The van der Waals surface area contributed by atoms with Crippen LogP contribution >= 0.6 is 0 Å². The van der Waals surface area contributed by atoms with Crippen LogP contribution in [0.4, 0.5) is 28.4 Å². The smallest absolute Gasteiger partial charge is 0.252 e. The molecule has 2 aliphatic heterocycles. The molecule has 0 atom stereocenters. The lowest BCUT2D eigenvalue weighted by Crippen LogP contribution is -2.61. The summed E-state index contributed by atoms with van der Waals surface area (Å²) in [5.74, 6) is 0. The molecular formula is C42H31BN2. The summed E-state index contributed by atoms with van der Waals surface area (Å²) in [7, 11) is 0. The van der Waals surface area contributed by atoms with Gasteiger partial charge >= 0.3 is 0 Å². The van der Waals surface area contributed by atoms with E-state index in [1.54, 1.807) is 0 Å². The molecule has 3 aliphatic rings. The molecule has 0 unspecified atom stereocenters. The average Bonchev–Trinajstić information content (AvgIpc) is 3.12. The van der Waals surface area contributed by atoms with E-state index in [4.69, 9.17) is 0 Å². The van der Waals surface area contributed by atoms with Crippen LogP contribution in [0.2, 0.25) is 0 Å². The van der Waals surface area contributed by atoms with E-state index in [1.807, 2.05) is 0 Å². The lowest BCUT2D eigenvalue weighted by atomic mass is 9.33. The van der Waals surface area contributed by atoms with Crippen molar-refractivity contribution in [3.8, 4) is 22.3 Å². The van der Waals surface area contributed by atoms with Crippen LogP contribution in [-0.2, 0) is 0 Å². The molecule has 2 heterocycles. The van der Waals surface area contributed by atoms with Gasteiger partial charge in [0.05, 0.1) is 0 Å². The molecule has 0 saturated heterocycles. The molecule has 45 heavy (non-hydrogen) atoms. The Balaban J connectivity index is 1.39. The maximum Gasteiger partial charge on any atom is 0.252 e. The Morgan fingerprint density at radius 2 is 1.04 bits per heavy atom. The summed E-state index contributed by atoms with van der Waals surface area (Å²) in [6, 6.07) is 53.4. The number of rotatable bonds is 4. The Kier molecular flexibility index (Phi) is 6.09. The van der Waals surface area contributed by atoms with Crippen LogP contribution in [0.3, 0.4) is 0 Å². The van der Waals surface area contributed by atoms with Crippen LogP contribution in [0.25, 0.3) is 22.3 Å². The molecule has 0 bridgehead atoms. The van der Waals surface area contributed by atoms with Crippen molar-refractivity contribution in [2.75, 3.05) is 9.80 Å². The normalized spacial score (nSPS) is 14.4. The Bertz CT molecular complexity index is 2120. The van der Waals surface area contributed by atoms with Crippen molar-refractivity contribution in [2.45, 2.75) is 12.8 Å². The highest BCUT2D eigenvalue weighted by molar-refractivity contribution is 7.00. The third kappa shape index (κ3) is 4.19. The van der Waals surface area contributed by atoms with Crippen LogP contribution in [0.5, 0.6) is 0 Å². The molecule has 0 aromatic heterocycles. The summed E-state index contributed by atoms with van der Waals surface area (Å²) >= 11 is 0. The summed E-state index contributed by atoms with van der Waals surface area (Å²) in [5, 5.41) is 0. The SMILES string of the molecule is C1=CC(N2c3cc(-c4ccccc4)ccc3B3c4ccccc4N(c4ccccc4)c4cc(-c5ccccc5)cc2c43)=CCC1. The zero-order valence-corrected chi connectivity index (χ0v) is 25.0. The van der Waals surface area contributed by atoms with Gasteiger partial charge in [0, 0.05) is 34.1 Å². The number of hydrogen-bond donors (Lipinski definition) is 0. The fourth-order valence-electron chi connectivity index (χ4n) is 7.45. The van der Waals surface area contributed by atoms with Crippen molar-refractivity contribution in [2.24, 2.45) is 0 Å². The van der Waals surface area contributed by atoms with Crippen LogP contribution in [0.15, 0.2) is 170 Å². The van der Waals surface area contributed by atoms with Gasteiger partial charge in [-0.15, -0.1) is 0 Å². The van der Waals surface area contributed by atoms with Crippen molar-refractivity contribution in [1.82, 2.24) is 0 Å². The maximum atomic E-state index is 2.54. The number of nitrogens with zero attached hydrogens (tertiary/aromatic N) is 2. The molecule has 0 spiro atoms. The van der Waals surface area contributed by atoms with Gasteiger partial charge in [0.25, 0.3) is 6.71 Å². The van der Waals surface area contributed by atoms with Crippen LogP contribution in [-0.4, -0.2) is 6.71 Å². The summed E-state index contributed by atoms with van der Waals surface area (Å²) < 4.78 is 0. The van der Waals surface area contributed by atoms with Crippen LogP contribution in [0, 0.1) is 0 Å². The second kappa shape index (κ2) is 10.6. The van der Waals surface area contributed by atoms with E-state index in [0.29, 0.717) is 0 Å². The van der Waals surface area contributed by atoms with Gasteiger partial charge in [0.1, 0.15) is 0 Å². The van der Waals surface area contributed by atoms with E-state index >= 15 is 0 Å². The van der Waals surface area contributed by atoms with E-state index in [2.05, 4.69) is 174 Å². The van der Waals surface area contributed by atoms with Gasteiger partial charge in [-0.25, -0.2) is 0 Å². The van der Waals surface area contributed by atoms with Crippen LogP contribution < -0.4 is 26.2 Å². The number of hydrogen-bond acceptors (Lipinski definition) is 2. The van der Waals surface area contributed by atoms with E-state index < -0.39 is 0 Å². The first-order chi connectivity index (χ1) is 22.3. The minimum atomic E-state index is 0.111. The van der Waals surface area contributed by atoms with E-state index in [0.717, 1.165) is 12.8 Å². The molecule has 6 aromatic rings. The zero-order valence-electron chi connectivity index (χ0n) is 25.0. The summed E-state index contributed by atoms with van der Waals surface area (Å²) in [6.07, 6.45) is 9.16. The Morgan fingerprint density at radius 1 is 0.444 bits per heavy atom. The molecule has 0 radical (unpaired) electrons. The molecule has 0 N–H and O–H groups in total. The maximum absolute atomic E-state index is 2.54. The number of allylic oxidation sites excluding steroid dienone is 3. The highest BCUT2D eigenvalue weighted by atomic mass is 15.2. The van der Waals surface area contributed by atoms with Crippen molar-refractivity contribution in [3.05, 3.63) is 170 Å². The van der Waals surface area contributed by atoms with Gasteiger partial charge in [0.2, 0.25) is 0 Å².